The Morgan fingerprint density at radius 2 is 1.71 bits per heavy atom. The third-order valence-corrected chi connectivity index (χ3v) is 10.8. The fourth-order valence-corrected chi connectivity index (χ4v) is 7.71. The van der Waals surface area contributed by atoms with Crippen LogP contribution < -0.4 is 16.0 Å². The second-order valence-electron chi connectivity index (χ2n) is 13.6. The molecule has 10 nitrogen and oxygen atoms in total. The maximum atomic E-state index is 14.2. The first-order chi connectivity index (χ1) is 24.5. The molecule has 0 unspecified atom stereocenters. The van der Waals surface area contributed by atoms with Gasteiger partial charge in [0.25, 0.3) is 0 Å². The zero-order chi connectivity index (χ0) is 36.7. The summed E-state index contributed by atoms with van der Waals surface area (Å²) in [7, 11) is 1.28. The number of ketones is 1. The van der Waals surface area contributed by atoms with E-state index in [9.17, 15) is 19.2 Å². The van der Waals surface area contributed by atoms with Crippen LogP contribution in [-0.4, -0.2) is 52.7 Å². The second-order valence-corrected chi connectivity index (χ2v) is 13.6. The van der Waals surface area contributed by atoms with E-state index < -0.39 is 11.9 Å². The molecule has 5 heterocycles. The van der Waals surface area contributed by atoms with Crippen LogP contribution in [0.25, 0.3) is 29.9 Å². The zero-order valence-electron chi connectivity index (χ0n) is 30.4. The summed E-state index contributed by atoms with van der Waals surface area (Å²) in [6.07, 6.45) is 12.5. The summed E-state index contributed by atoms with van der Waals surface area (Å²) in [5, 5.41) is 5.02. The minimum Gasteiger partial charge on any atom is -0.468 e. The molecule has 2 aliphatic heterocycles. The second kappa shape index (κ2) is 14.1. The number of esters is 2. The minimum absolute atomic E-state index is 0.126. The topological polar surface area (TPSA) is 146 Å². The van der Waals surface area contributed by atoms with Crippen LogP contribution >= 0.6 is 0 Å². The highest BCUT2D eigenvalue weighted by molar-refractivity contribution is 6.24. The van der Waals surface area contributed by atoms with Gasteiger partial charge in [0.05, 0.1) is 18.2 Å². The summed E-state index contributed by atoms with van der Waals surface area (Å²) in [6, 6.07) is 0. The summed E-state index contributed by atoms with van der Waals surface area (Å²) >= 11 is 0. The molecule has 51 heavy (non-hydrogen) atoms. The Hall–Kier alpha value is -5.38. The van der Waals surface area contributed by atoms with Crippen molar-refractivity contribution in [3.8, 4) is 0 Å². The van der Waals surface area contributed by atoms with Gasteiger partial charge in [0.15, 0.2) is 12.1 Å². The summed E-state index contributed by atoms with van der Waals surface area (Å²) in [5.41, 5.74) is 10.5. The van der Waals surface area contributed by atoms with Gasteiger partial charge < -0.3 is 29.7 Å². The Morgan fingerprint density at radius 1 is 0.980 bits per heavy atom. The van der Waals surface area contributed by atoms with Crippen molar-refractivity contribution < 1.29 is 28.7 Å². The van der Waals surface area contributed by atoms with Gasteiger partial charge in [-0.25, -0.2) is 0 Å². The van der Waals surface area contributed by atoms with E-state index in [-0.39, 0.29) is 36.6 Å². The van der Waals surface area contributed by atoms with Gasteiger partial charge in [-0.05, 0) is 81.0 Å². The maximum Gasteiger partial charge on any atom is 0.321 e. The lowest BCUT2D eigenvalue weighted by Crippen LogP contribution is -2.25. The molecule has 8 bridgehead atoms. The predicted molar refractivity (Wildman–Crippen MR) is 198 cm³/mol. The van der Waals surface area contributed by atoms with Crippen LogP contribution in [0.5, 0.6) is 0 Å². The Bertz CT molecular complexity index is 2200. The van der Waals surface area contributed by atoms with Crippen molar-refractivity contribution in [1.29, 1.82) is 0 Å². The number of nitrogens with one attached hydrogen (secondary N) is 4. The summed E-state index contributed by atoms with van der Waals surface area (Å²) in [5.74, 6) is -2.87. The molecular weight excluding hydrogens is 644 g/mol. The SMILES string of the molecule is C=Cc1c2[nH]c(c1C)/C=C1\N/C(=C3\c4[nH]c(c(C)c4C(=O)[C@@H]3C(=O)OC)/C=c3\[nH]/c(c(C=O)c3CC)=C\2)[C@@H](CCC(=O)OC/C=C(/C)CC)[C@@H]1C. The molecule has 266 valence electrons. The van der Waals surface area contributed by atoms with Crippen molar-refractivity contribution in [2.75, 3.05) is 13.7 Å². The van der Waals surface area contributed by atoms with Crippen molar-refractivity contribution >= 4 is 53.9 Å². The van der Waals surface area contributed by atoms with Gasteiger partial charge in [0, 0.05) is 74.3 Å². The van der Waals surface area contributed by atoms with Crippen LogP contribution in [0.2, 0.25) is 0 Å². The smallest absolute Gasteiger partial charge is 0.321 e. The van der Waals surface area contributed by atoms with Crippen molar-refractivity contribution in [3.05, 3.63) is 96.5 Å². The van der Waals surface area contributed by atoms with Crippen LogP contribution in [0.1, 0.15) is 113 Å². The molecule has 0 spiro atoms. The fourth-order valence-electron chi connectivity index (χ4n) is 7.71. The monoisotopic (exact) mass is 690 g/mol. The van der Waals surface area contributed by atoms with Crippen LogP contribution in [0.4, 0.5) is 0 Å². The number of rotatable bonds is 10. The molecule has 4 N–H and O–H groups in total. The molecule has 3 atom stereocenters. The van der Waals surface area contributed by atoms with Gasteiger partial charge in [0.2, 0.25) is 0 Å². The first-order valence-electron chi connectivity index (χ1n) is 17.6. The molecule has 1 saturated heterocycles. The number of aromatic nitrogens is 3. The van der Waals surface area contributed by atoms with E-state index >= 15 is 0 Å². The van der Waals surface area contributed by atoms with Crippen LogP contribution in [0.3, 0.4) is 0 Å². The third kappa shape index (κ3) is 6.06. The largest absolute Gasteiger partial charge is 0.468 e. The zero-order valence-corrected chi connectivity index (χ0v) is 30.4. The van der Waals surface area contributed by atoms with Crippen molar-refractivity contribution in [3.63, 3.8) is 0 Å². The van der Waals surface area contributed by atoms with Crippen molar-refractivity contribution in [1.82, 2.24) is 20.3 Å². The number of ether oxygens (including phenoxy) is 2. The van der Waals surface area contributed by atoms with Gasteiger partial charge in [-0.15, -0.1) is 0 Å². The van der Waals surface area contributed by atoms with Gasteiger partial charge in [-0.1, -0.05) is 39.0 Å². The van der Waals surface area contributed by atoms with E-state index in [1.165, 1.54) is 7.11 Å². The van der Waals surface area contributed by atoms with Gasteiger partial charge in [-0.3, -0.25) is 19.2 Å². The maximum absolute atomic E-state index is 14.2. The molecule has 0 amide bonds. The minimum atomic E-state index is -1.18. The number of aldehydes is 1. The van der Waals surface area contributed by atoms with Crippen LogP contribution in [0.15, 0.2) is 29.6 Å². The molecule has 10 heteroatoms. The highest BCUT2D eigenvalue weighted by Gasteiger charge is 2.48. The number of allylic oxidation sites excluding steroid dienone is 3. The molecule has 0 radical (unpaired) electrons. The molecule has 6 rings (SSSR count). The highest BCUT2D eigenvalue weighted by Crippen LogP contribution is 2.48. The highest BCUT2D eigenvalue weighted by atomic mass is 16.5. The van der Waals surface area contributed by atoms with E-state index in [1.54, 1.807) is 6.08 Å². The number of H-pyrrole nitrogens is 3. The van der Waals surface area contributed by atoms with E-state index in [1.807, 2.05) is 52.0 Å². The quantitative estimate of drug-likeness (QED) is 0.0945. The lowest BCUT2D eigenvalue weighted by atomic mass is 9.85. The first kappa shape index (κ1) is 35.4. The van der Waals surface area contributed by atoms with Crippen LogP contribution in [0, 0.1) is 31.6 Å². The number of hydrogen-bond acceptors (Lipinski definition) is 7. The normalized spacial score (nSPS) is 23.0. The number of Topliss-reactive ketones (excluding diaryl/α,β-unsaturated/α-hetero) is 1. The van der Waals surface area contributed by atoms with Crippen molar-refractivity contribution in [2.24, 2.45) is 17.8 Å². The van der Waals surface area contributed by atoms with Crippen molar-refractivity contribution in [2.45, 2.75) is 67.2 Å². The van der Waals surface area contributed by atoms with E-state index in [0.29, 0.717) is 57.5 Å². The molecule has 1 aliphatic carbocycles. The predicted octanol–water partition coefficient (Wildman–Crippen LogP) is 5.55. The first-order valence-corrected chi connectivity index (χ1v) is 17.6. The number of fused-ring (bicyclic) bond motifs is 7. The third-order valence-electron chi connectivity index (χ3n) is 10.8. The van der Waals surface area contributed by atoms with E-state index in [2.05, 4.69) is 40.7 Å². The fraction of sp³-hybridized carbons (Fsp3) is 0.366. The Labute approximate surface area is 297 Å². The van der Waals surface area contributed by atoms with E-state index in [0.717, 1.165) is 57.4 Å². The standard InChI is InChI=1S/C41H46N4O6/c1-9-20(4)14-15-51-34(47)13-12-26-22(6)29-16-28-21(5)24(10-2)31(42-28)18-33-27(19-46)25(11-3)32(43-33)17-30-23(7)35-39(45-30)36(38(26)44-29)37(40(35)48)41(49)50-8/h10,14,16-19,22,26,37,42-45H,2,9,11-13,15H2,1,3-8H3/b20-14-,29-16-,32-17-,33-18-,38-36-/t22-,26-,37+/m0/s1. The number of carbonyl (C=O) groups excluding carboxylic acids is 4. The average Bonchev–Trinajstić information content (AvgIpc) is 3.87. The van der Waals surface area contributed by atoms with Crippen LogP contribution in [-0.2, 0) is 25.5 Å². The number of aromatic amines is 3. The molecule has 0 saturated carbocycles. The molecule has 3 aliphatic rings. The number of carbonyl (C=O) groups is 4. The van der Waals surface area contributed by atoms with Gasteiger partial charge in [-0.2, -0.15) is 0 Å². The molecule has 3 aromatic heterocycles. The molecule has 1 fully saturated rings. The van der Waals surface area contributed by atoms with E-state index in [4.69, 9.17) is 9.47 Å². The van der Waals surface area contributed by atoms with Gasteiger partial charge >= 0.3 is 11.9 Å². The lowest BCUT2D eigenvalue weighted by Gasteiger charge is -2.19. The Morgan fingerprint density at radius 3 is 2.37 bits per heavy atom. The Kier molecular flexibility index (Phi) is 9.79. The van der Waals surface area contributed by atoms with Gasteiger partial charge in [0.1, 0.15) is 12.5 Å². The molecule has 0 aromatic carbocycles. The summed E-state index contributed by atoms with van der Waals surface area (Å²) in [6.45, 7) is 16.3. The summed E-state index contributed by atoms with van der Waals surface area (Å²) < 4.78 is 10.8. The number of hydrogen-bond donors (Lipinski definition) is 4. The number of methoxy groups -OCH3 is 1. The molecular formula is C41H46N4O6. The Balaban J connectivity index is 1.61. The molecule has 3 aromatic rings. The average molecular weight is 691 g/mol. The lowest BCUT2D eigenvalue weighted by molar-refractivity contribution is -0.143. The summed E-state index contributed by atoms with van der Waals surface area (Å²) in [4.78, 5) is 63.6.